The second-order valence-electron chi connectivity index (χ2n) is 4.45. The lowest BCUT2D eigenvalue weighted by molar-refractivity contribution is -0.138. The molecule has 1 N–H and O–H groups in total. The van der Waals surface area contributed by atoms with Crippen molar-refractivity contribution in [3.63, 3.8) is 0 Å². The maximum atomic E-state index is 12.3. The van der Waals surface area contributed by atoms with Crippen LogP contribution in [0.4, 0.5) is 0 Å². The number of amides is 2. The zero-order valence-corrected chi connectivity index (χ0v) is 10.8. The summed E-state index contributed by atoms with van der Waals surface area (Å²) < 4.78 is 0. The maximum Gasteiger partial charge on any atom is 0.248 e. The van der Waals surface area contributed by atoms with Gasteiger partial charge in [-0.25, -0.2) is 0 Å². The number of nitrogens with zero attached hydrogens (tertiary/aromatic N) is 1. The van der Waals surface area contributed by atoms with Crippen LogP contribution in [0.1, 0.15) is 40.0 Å². The lowest BCUT2D eigenvalue weighted by Crippen LogP contribution is -2.54. The zero-order valence-electron chi connectivity index (χ0n) is 10.8. The van der Waals surface area contributed by atoms with Gasteiger partial charge in [-0.15, -0.1) is 11.8 Å². The van der Waals surface area contributed by atoms with Gasteiger partial charge in [0, 0.05) is 25.9 Å². The second-order valence-corrected chi connectivity index (χ2v) is 4.45. The van der Waals surface area contributed by atoms with Crippen LogP contribution in [0.25, 0.3) is 0 Å². The lowest BCUT2D eigenvalue weighted by Gasteiger charge is -2.30. The molecule has 1 fully saturated rings. The Morgan fingerprint density at radius 2 is 2.18 bits per heavy atom. The SMILES string of the molecule is CC#CCCN1CCC(=O)NC(C)(CC)C1=O. The number of carbonyl (C=O) groups excluding carboxylic acids is 2. The van der Waals surface area contributed by atoms with E-state index in [-0.39, 0.29) is 11.8 Å². The van der Waals surface area contributed by atoms with Gasteiger partial charge in [0.05, 0.1) is 0 Å². The number of hydrogen-bond acceptors (Lipinski definition) is 2. The molecule has 4 nitrogen and oxygen atoms in total. The van der Waals surface area contributed by atoms with Crippen molar-refractivity contribution >= 4 is 11.8 Å². The van der Waals surface area contributed by atoms with Crippen LogP contribution in [-0.2, 0) is 9.59 Å². The third kappa shape index (κ3) is 3.23. The summed E-state index contributed by atoms with van der Waals surface area (Å²) in [7, 11) is 0. The zero-order chi connectivity index (χ0) is 12.9. The molecule has 1 heterocycles. The van der Waals surface area contributed by atoms with Crippen molar-refractivity contribution < 1.29 is 9.59 Å². The summed E-state index contributed by atoms with van der Waals surface area (Å²) in [5, 5.41) is 2.81. The van der Waals surface area contributed by atoms with Crippen molar-refractivity contribution in [3.8, 4) is 11.8 Å². The van der Waals surface area contributed by atoms with E-state index in [0.29, 0.717) is 32.4 Å². The summed E-state index contributed by atoms with van der Waals surface area (Å²) in [4.78, 5) is 25.6. The first-order valence-corrected chi connectivity index (χ1v) is 6.03. The molecule has 0 saturated carbocycles. The normalized spacial score (nSPS) is 24.8. The van der Waals surface area contributed by atoms with Gasteiger partial charge in [0.15, 0.2) is 0 Å². The van der Waals surface area contributed by atoms with Gasteiger partial charge in [0.1, 0.15) is 5.54 Å². The van der Waals surface area contributed by atoms with E-state index in [9.17, 15) is 9.59 Å². The Hall–Kier alpha value is -1.50. The number of rotatable bonds is 3. The van der Waals surface area contributed by atoms with E-state index in [4.69, 9.17) is 0 Å². The maximum absolute atomic E-state index is 12.3. The molecule has 0 aromatic heterocycles. The minimum atomic E-state index is -0.757. The molecule has 1 aliphatic heterocycles. The van der Waals surface area contributed by atoms with Gasteiger partial charge < -0.3 is 10.2 Å². The predicted molar refractivity (Wildman–Crippen MR) is 66.1 cm³/mol. The van der Waals surface area contributed by atoms with Crippen LogP contribution >= 0.6 is 0 Å². The number of carbonyl (C=O) groups is 2. The molecule has 4 heteroatoms. The molecule has 0 aliphatic carbocycles. The Morgan fingerprint density at radius 1 is 1.47 bits per heavy atom. The van der Waals surface area contributed by atoms with Crippen molar-refractivity contribution in [3.05, 3.63) is 0 Å². The van der Waals surface area contributed by atoms with Crippen molar-refractivity contribution in [1.82, 2.24) is 10.2 Å². The highest BCUT2D eigenvalue weighted by molar-refractivity contribution is 5.93. The first-order valence-electron chi connectivity index (χ1n) is 6.03. The van der Waals surface area contributed by atoms with E-state index >= 15 is 0 Å². The molecule has 0 aromatic rings. The van der Waals surface area contributed by atoms with Crippen LogP contribution in [0.2, 0.25) is 0 Å². The molecule has 1 rings (SSSR count). The molecule has 1 saturated heterocycles. The van der Waals surface area contributed by atoms with Crippen LogP contribution < -0.4 is 5.32 Å². The van der Waals surface area contributed by atoms with Crippen LogP contribution in [0.3, 0.4) is 0 Å². The molecule has 1 unspecified atom stereocenters. The summed E-state index contributed by atoms with van der Waals surface area (Å²) >= 11 is 0. The third-order valence-electron chi connectivity index (χ3n) is 3.17. The Labute approximate surface area is 103 Å². The first kappa shape index (κ1) is 13.6. The van der Waals surface area contributed by atoms with E-state index in [1.807, 2.05) is 6.92 Å². The average molecular weight is 236 g/mol. The number of hydrogen-bond donors (Lipinski definition) is 1. The largest absolute Gasteiger partial charge is 0.342 e. The van der Waals surface area contributed by atoms with Gasteiger partial charge >= 0.3 is 0 Å². The molecule has 1 aliphatic rings. The molecule has 0 spiro atoms. The van der Waals surface area contributed by atoms with Crippen molar-refractivity contribution in [2.24, 2.45) is 0 Å². The highest BCUT2D eigenvalue weighted by atomic mass is 16.2. The smallest absolute Gasteiger partial charge is 0.248 e. The Balaban J connectivity index is 2.79. The van der Waals surface area contributed by atoms with Gasteiger partial charge in [0.2, 0.25) is 11.8 Å². The van der Waals surface area contributed by atoms with Crippen molar-refractivity contribution in [2.75, 3.05) is 13.1 Å². The predicted octanol–water partition coefficient (Wildman–Crippen LogP) is 0.917. The van der Waals surface area contributed by atoms with Gasteiger partial charge in [-0.2, -0.15) is 0 Å². The van der Waals surface area contributed by atoms with Crippen LogP contribution in [0.15, 0.2) is 0 Å². The molecule has 0 bridgehead atoms. The van der Waals surface area contributed by atoms with E-state index in [0.717, 1.165) is 0 Å². The van der Waals surface area contributed by atoms with Crippen molar-refractivity contribution in [2.45, 2.75) is 45.6 Å². The van der Waals surface area contributed by atoms with E-state index in [1.165, 1.54) is 0 Å². The van der Waals surface area contributed by atoms with Gasteiger partial charge in [-0.3, -0.25) is 9.59 Å². The summed E-state index contributed by atoms with van der Waals surface area (Å²) in [6.45, 7) is 6.58. The molecule has 1 atom stereocenters. The molecule has 0 radical (unpaired) electrons. The molecule has 94 valence electrons. The standard InChI is InChI=1S/C13H20N2O2/c1-4-6-7-9-15-10-8-11(16)14-13(3,5-2)12(15)17/h5,7-10H2,1-3H3,(H,14,16). The van der Waals surface area contributed by atoms with Crippen LogP contribution in [0, 0.1) is 11.8 Å². The Bertz CT molecular complexity index is 367. The summed E-state index contributed by atoms with van der Waals surface area (Å²) in [6, 6.07) is 0. The molecular weight excluding hydrogens is 216 g/mol. The molecule has 0 aromatic carbocycles. The summed E-state index contributed by atoms with van der Waals surface area (Å²) in [5.74, 6) is 5.71. The molecule has 2 amide bonds. The minimum Gasteiger partial charge on any atom is -0.342 e. The van der Waals surface area contributed by atoms with Gasteiger partial charge in [-0.1, -0.05) is 6.92 Å². The summed E-state index contributed by atoms with van der Waals surface area (Å²) in [6.07, 6.45) is 1.64. The van der Waals surface area contributed by atoms with Crippen LogP contribution in [-0.4, -0.2) is 35.3 Å². The van der Waals surface area contributed by atoms with Crippen molar-refractivity contribution in [1.29, 1.82) is 0 Å². The Morgan fingerprint density at radius 3 is 2.76 bits per heavy atom. The van der Waals surface area contributed by atoms with E-state index < -0.39 is 5.54 Å². The third-order valence-corrected chi connectivity index (χ3v) is 3.17. The first-order chi connectivity index (χ1) is 8.03. The Kier molecular flexibility index (Phi) is 4.56. The molecule has 17 heavy (non-hydrogen) atoms. The van der Waals surface area contributed by atoms with Gasteiger partial charge in [-0.05, 0) is 20.3 Å². The fourth-order valence-corrected chi connectivity index (χ4v) is 1.88. The average Bonchev–Trinajstić information content (AvgIpc) is 2.41. The second kappa shape index (κ2) is 5.72. The highest BCUT2D eigenvalue weighted by Crippen LogP contribution is 2.17. The topological polar surface area (TPSA) is 49.4 Å². The van der Waals surface area contributed by atoms with E-state index in [2.05, 4.69) is 17.2 Å². The fraction of sp³-hybridized carbons (Fsp3) is 0.692. The lowest BCUT2D eigenvalue weighted by atomic mass is 9.97. The quantitative estimate of drug-likeness (QED) is 0.741. The minimum absolute atomic E-state index is 0.00348. The molecular formula is C13H20N2O2. The highest BCUT2D eigenvalue weighted by Gasteiger charge is 2.38. The fourth-order valence-electron chi connectivity index (χ4n) is 1.88. The monoisotopic (exact) mass is 236 g/mol. The van der Waals surface area contributed by atoms with Gasteiger partial charge in [0.25, 0.3) is 0 Å². The van der Waals surface area contributed by atoms with E-state index in [1.54, 1.807) is 18.7 Å². The number of nitrogens with one attached hydrogen (secondary N) is 1. The van der Waals surface area contributed by atoms with Crippen LogP contribution in [0.5, 0.6) is 0 Å². The summed E-state index contributed by atoms with van der Waals surface area (Å²) in [5.41, 5.74) is -0.757.